The molecule has 18 heavy (non-hydrogen) atoms. The van der Waals surface area contributed by atoms with Crippen molar-refractivity contribution in [2.24, 2.45) is 7.05 Å². The molecule has 0 aliphatic heterocycles. The van der Waals surface area contributed by atoms with Crippen LogP contribution in [-0.2, 0) is 7.05 Å². The first-order chi connectivity index (χ1) is 8.65. The van der Waals surface area contributed by atoms with Crippen LogP contribution < -0.4 is 10.6 Å². The Kier molecular flexibility index (Phi) is 3.35. The smallest absolute Gasteiger partial charge is 0.230 e. The summed E-state index contributed by atoms with van der Waals surface area (Å²) in [6.07, 6.45) is 1.45. The molecule has 0 fully saturated rings. The van der Waals surface area contributed by atoms with Crippen LogP contribution in [0.15, 0.2) is 6.33 Å². The lowest BCUT2D eigenvalue weighted by Gasteiger charge is -2.18. The third-order valence-corrected chi connectivity index (χ3v) is 2.60. The van der Waals surface area contributed by atoms with Gasteiger partial charge in [-0.25, -0.2) is 9.67 Å². The Bertz CT molecular complexity index is 530. The lowest BCUT2D eigenvalue weighted by molar-refractivity contribution is 0.762. The van der Waals surface area contributed by atoms with Crippen LogP contribution in [0, 0.1) is 0 Å². The summed E-state index contributed by atoms with van der Waals surface area (Å²) >= 11 is 0. The summed E-state index contributed by atoms with van der Waals surface area (Å²) in [5, 5.41) is 3.99. The van der Waals surface area contributed by atoms with Gasteiger partial charge in [0.1, 0.15) is 6.33 Å². The van der Waals surface area contributed by atoms with Crippen molar-refractivity contribution in [1.29, 1.82) is 0 Å². The fourth-order valence-electron chi connectivity index (χ4n) is 1.63. The van der Waals surface area contributed by atoms with Crippen LogP contribution in [0.3, 0.4) is 0 Å². The SMILES string of the molecule is CCN(CC)c1nc(N)nc(-c2ncnn2C)n1. The van der Waals surface area contributed by atoms with E-state index in [2.05, 4.69) is 25.0 Å². The molecule has 0 saturated carbocycles. The summed E-state index contributed by atoms with van der Waals surface area (Å²) in [6, 6.07) is 0. The van der Waals surface area contributed by atoms with E-state index in [1.807, 2.05) is 18.7 Å². The normalized spacial score (nSPS) is 10.6. The van der Waals surface area contributed by atoms with Crippen LogP contribution in [0.5, 0.6) is 0 Å². The van der Waals surface area contributed by atoms with Crippen LogP contribution >= 0.6 is 0 Å². The fraction of sp³-hybridized carbons (Fsp3) is 0.500. The highest BCUT2D eigenvalue weighted by molar-refractivity contribution is 5.49. The second kappa shape index (κ2) is 4.94. The molecule has 96 valence electrons. The van der Waals surface area contributed by atoms with Gasteiger partial charge in [0.05, 0.1) is 0 Å². The van der Waals surface area contributed by atoms with Gasteiger partial charge in [0, 0.05) is 20.1 Å². The highest BCUT2D eigenvalue weighted by Gasteiger charge is 2.14. The number of hydrogen-bond donors (Lipinski definition) is 1. The van der Waals surface area contributed by atoms with Crippen molar-refractivity contribution in [3.63, 3.8) is 0 Å². The van der Waals surface area contributed by atoms with Crippen molar-refractivity contribution in [2.75, 3.05) is 23.7 Å². The first-order valence-electron chi connectivity index (χ1n) is 5.76. The van der Waals surface area contributed by atoms with Gasteiger partial charge in [0.15, 0.2) is 5.82 Å². The van der Waals surface area contributed by atoms with E-state index >= 15 is 0 Å². The average Bonchev–Trinajstić information content (AvgIpc) is 2.76. The van der Waals surface area contributed by atoms with Crippen molar-refractivity contribution in [1.82, 2.24) is 29.7 Å². The van der Waals surface area contributed by atoms with E-state index in [0.717, 1.165) is 13.1 Å². The molecule has 0 saturated heterocycles. The highest BCUT2D eigenvalue weighted by atomic mass is 15.3. The zero-order valence-electron chi connectivity index (χ0n) is 10.7. The van der Waals surface area contributed by atoms with Crippen LogP contribution in [0.1, 0.15) is 13.8 Å². The van der Waals surface area contributed by atoms with Crippen molar-refractivity contribution in [3.8, 4) is 11.6 Å². The Hall–Kier alpha value is -2.25. The van der Waals surface area contributed by atoms with Gasteiger partial charge in [-0.1, -0.05) is 0 Å². The highest BCUT2D eigenvalue weighted by Crippen LogP contribution is 2.15. The zero-order valence-corrected chi connectivity index (χ0v) is 10.7. The summed E-state index contributed by atoms with van der Waals surface area (Å²) < 4.78 is 1.60. The summed E-state index contributed by atoms with van der Waals surface area (Å²) in [6.45, 7) is 5.67. The van der Waals surface area contributed by atoms with Gasteiger partial charge < -0.3 is 10.6 Å². The maximum absolute atomic E-state index is 5.72. The van der Waals surface area contributed by atoms with Gasteiger partial charge in [-0.2, -0.15) is 20.1 Å². The van der Waals surface area contributed by atoms with E-state index < -0.39 is 0 Å². The molecule has 0 bridgehead atoms. The van der Waals surface area contributed by atoms with E-state index in [4.69, 9.17) is 5.73 Å². The lowest BCUT2D eigenvalue weighted by Crippen LogP contribution is -2.25. The molecular formula is C10H16N8. The lowest BCUT2D eigenvalue weighted by atomic mass is 10.5. The van der Waals surface area contributed by atoms with Crippen LogP contribution in [-0.4, -0.2) is 42.8 Å². The molecule has 0 spiro atoms. The molecule has 0 aliphatic rings. The summed E-state index contributed by atoms with van der Waals surface area (Å²) in [5.74, 6) is 1.75. The molecule has 0 aliphatic carbocycles. The van der Waals surface area contributed by atoms with E-state index in [1.165, 1.54) is 6.33 Å². The number of aromatic nitrogens is 6. The van der Waals surface area contributed by atoms with Crippen molar-refractivity contribution in [2.45, 2.75) is 13.8 Å². The van der Waals surface area contributed by atoms with Crippen LogP contribution in [0.2, 0.25) is 0 Å². The molecule has 2 rings (SSSR count). The molecule has 8 nitrogen and oxygen atoms in total. The molecule has 2 aromatic rings. The average molecular weight is 248 g/mol. The number of hydrogen-bond acceptors (Lipinski definition) is 7. The maximum atomic E-state index is 5.72. The third-order valence-electron chi connectivity index (χ3n) is 2.60. The Labute approximate surface area is 105 Å². The summed E-state index contributed by atoms with van der Waals surface area (Å²) in [5.41, 5.74) is 5.72. The van der Waals surface area contributed by atoms with Crippen molar-refractivity contribution >= 4 is 11.9 Å². The molecule has 2 N–H and O–H groups in total. The fourth-order valence-corrected chi connectivity index (χ4v) is 1.63. The number of nitrogens with zero attached hydrogens (tertiary/aromatic N) is 7. The monoisotopic (exact) mass is 248 g/mol. The number of anilines is 2. The van der Waals surface area contributed by atoms with Gasteiger partial charge in [-0.15, -0.1) is 0 Å². The third kappa shape index (κ3) is 2.22. The number of aryl methyl sites for hydroxylation is 1. The molecule has 0 atom stereocenters. The van der Waals surface area contributed by atoms with E-state index in [-0.39, 0.29) is 5.95 Å². The van der Waals surface area contributed by atoms with Gasteiger partial charge in [-0.05, 0) is 13.8 Å². The summed E-state index contributed by atoms with van der Waals surface area (Å²) in [4.78, 5) is 18.7. The molecular weight excluding hydrogens is 232 g/mol. The van der Waals surface area contributed by atoms with Crippen LogP contribution in [0.4, 0.5) is 11.9 Å². The first kappa shape index (κ1) is 12.2. The number of rotatable bonds is 4. The van der Waals surface area contributed by atoms with E-state index in [9.17, 15) is 0 Å². The largest absolute Gasteiger partial charge is 0.368 e. The predicted octanol–water partition coefficient (Wildman–Crippen LogP) is 0.0955. The van der Waals surface area contributed by atoms with Crippen LogP contribution in [0.25, 0.3) is 11.6 Å². The van der Waals surface area contributed by atoms with Gasteiger partial charge in [0.2, 0.25) is 17.7 Å². The molecule has 0 radical (unpaired) electrons. The van der Waals surface area contributed by atoms with Gasteiger partial charge >= 0.3 is 0 Å². The Balaban J connectivity index is 2.47. The van der Waals surface area contributed by atoms with Crippen molar-refractivity contribution < 1.29 is 0 Å². The standard InChI is InChI=1S/C10H16N8/c1-4-18(5-2)10-15-7(14-9(11)16-10)8-12-6-13-17(8)3/h6H,4-5H2,1-3H3,(H2,11,14,15,16). The number of nitrogens with two attached hydrogens (primary N) is 1. The van der Waals surface area contributed by atoms with Gasteiger partial charge in [0.25, 0.3) is 0 Å². The van der Waals surface area contributed by atoms with Crippen molar-refractivity contribution in [3.05, 3.63) is 6.33 Å². The number of nitrogen functional groups attached to an aromatic ring is 1. The Morgan fingerprint density at radius 1 is 1.22 bits per heavy atom. The second-order valence-electron chi connectivity index (χ2n) is 3.70. The molecule has 8 heteroatoms. The Morgan fingerprint density at radius 2 is 1.94 bits per heavy atom. The maximum Gasteiger partial charge on any atom is 0.230 e. The van der Waals surface area contributed by atoms with Gasteiger partial charge in [-0.3, -0.25) is 0 Å². The van der Waals surface area contributed by atoms with E-state index in [0.29, 0.717) is 17.6 Å². The quantitative estimate of drug-likeness (QED) is 0.818. The minimum absolute atomic E-state index is 0.185. The molecule has 2 aromatic heterocycles. The minimum Gasteiger partial charge on any atom is -0.368 e. The topological polar surface area (TPSA) is 98.6 Å². The molecule has 2 heterocycles. The Morgan fingerprint density at radius 3 is 2.50 bits per heavy atom. The molecule has 0 aromatic carbocycles. The predicted molar refractivity (Wildman–Crippen MR) is 67.8 cm³/mol. The molecule has 0 unspecified atom stereocenters. The molecule has 0 amide bonds. The second-order valence-corrected chi connectivity index (χ2v) is 3.70. The minimum atomic E-state index is 0.185. The first-order valence-corrected chi connectivity index (χ1v) is 5.76. The van der Waals surface area contributed by atoms with E-state index in [1.54, 1.807) is 11.7 Å². The zero-order chi connectivity index (χ0) is 13.1. The summed E-state index contributed by atoms with van der Waals surface area (Å²) in [7, 11) is 1.78.